The summed E-state index contributed by atoms with van der Waals surface area (Å²) in [5, 5.41) is 0. The van der Waals surface area contributed by atoms with Crippen molar-refractivity contribution in [1.82, 2.24) is 0 Å². The minimum atomic E-state index is -2.79. The van der Waals surface area contributed by atoms with Crippen LogP contribution in [0.1, 0.15) is 52.4 Å². The van der Waals surface area contributed by atoms with Crippen LogP contribution < -0.4 is 0 Å². The summed E-state index contributed by atoms with van der Waals surface area (Å²) in [6.07, 6.45) is 6.59. The van der Waals surface area contributed by atoms with E-state index in [1.807, 2.05) is 0 Å². The molecule has 0 aliphatic rings. The molecule has 0 atom stereocenters. The van der Waals surface area contributed by atoms with Gasteiger partial charge in [-0.15, -0.1) is 0 Å². The van der Waals surface area contributed by atoms with Gasteiger partial charge in [0.2, 0.25) is 0 Å². The molecule has 0 rings (SSSR count). The molecule has 0 heterocycles. The van der Waals surface area contributed by atoms with Crippen molar-refractivity contribution in [2.24, 2.45) is 0 Å². The molecular formula is C10H23AsO3. The van der Waals surface area contributed by atoms with Crippen LogP contribution in [0.5, 0.6) is 0 Å². The van der Waals surface area contributed by atoms with Crippen molar-refractivity contribution in [3.63, 3.8) is 0 Å². The first-order valence-electron chi connectivity index (χ1n) is 5.60. The predicted octanol–water partition coefficient (Wildman–Crippen LogP) is 2.55. The van der Waals surface area contributed by atoms with Crippen LogP contribution in [0.4, 0.5) is 0 Å². The van der Waals surface area contributed by atoms with Crippen molar-refractivity contribution in [3.8, 4) is 0 Å². The van der Waals surface area contributed by atoms with E-state index < -0.39 is 15.3 Å². The summed E-state index contributed by atoms with van der Waals surface area (Å²) in [6.45, 7) is 5.46. The van der Waals surface area contributed by atoms with E-state index >= 15 is 0 Å². The Morgan fingerprint density at radius 3 is 1.64 bits per heavy atom. The number of rotatable bonds is 10. The van der Waals surface area contributed by atoms with Crippen molar-refractivity contribution in [2.75, 3.05) is 13.2 Å². The Bertz CT molecular complexity index is 125. The van der Waals surface area contributed by atoms with E-state index in [0.29, 0.717) is 13.2 Å². The standard InChI is InChI=1S/C10H23AsO3/c1-3-5-7-9-13-11(12)14-10-8-6-4-2/h11H,3-10H2,1-2H3. The monoisotopic (exact) mass is 266 g/mol. The molecule has 0 bridgehead atoms. The Hall–Kier alpha value is 0.278. The van der Waals surface area contributed by atoms with Gasteiger partial charge < -0.3 is 0 Å². The van der Waals surface area contributed by atoms with Crippen LogP contribution in [0.2, 0.25) is 0 Å². The molecule has 0 saturated carbocycles. The zero-order chi connectivity index (χ0) is 10.6. The van der Waals surface area contributed by atoms with E-state index in [2.05, 4.69) is 13.8 Å². The van der Waals surface area contributed by atoms with E-state index in [0.717, 1.165) is 38.5 Å². The first kappa shape index (κ1) is 14.3. The van der Waals surface area contributed by atoms with Gasteiger partial charge in [-0.25, -0.2) is 0 Å². The summed E-state index contributed by atoms with van der Waals surface area (Å²) < 4.78 is 21.4. The molecule has 0 aromatic rings. The Morgan fingerprint density at radius 1 is 0.857 bits per heavy atom. The molecule has 0 amide bonds. The molecule has 0 aliphatic carbocycles. The molecule has 0 aromatic heterocycles. The third kappa shape index (κ3) is 10.4. The topological polar surface area (TPSA) is 35.5 Å². The maximum absolute atomic E-state index is 11.2. The second kappa shape index (κ2) is 11.4. The van der Waals surface area contributed by atoms with E-state index in [-0.39, 0.29) is 0 Å². The summed E-state index contributed by atoms with van der Waals surface area (Å²) in [7, 11) is 0. The Kier molecular flexibility index (Phi) is 11.6. The first-order chi connectivity index (χ1) is 6.81. The molecule has 0 saturated heterocycles. The second-order valence-electron chi connectivity index (χ2n) is 3.36. The SMILES string of the molecule is CCCCCO[AsH](=O)OCCCCC. The first-order valence-corrected chi connectivity index (χ1v) is 8.17. The summed E-state index contributed by atoms with van der Waals surface area (Å²) >= 11 is -2.79. The fourth-order valence-corrected chi connectivity index (χ4v) is 2.54. The normalized spacial score (nSPS) is 11.1. The van der Waals surface area contributed by atoms with E-state index in [4.69, 9.17) is 7.45 Å². The van der Waals surface area contributed by atoms with Crippen molar-refractivity contribution in [1.29, 1.82) is 0 Å². The van der Waals surface area contributed by atoms with Gasteiger partial charge in [0, 0.05) is 0 Å². The van der Waals surface area contributed by atoms with Crippen LogP contribution in [-0.4, -0.2) is 28.5 Å². The van der Waals surface area contributed by atoms with Gasteiger partial charge in [0.05, 0.1) is 0 Å². The third-order valence-corrected chi connectivity index (χ3v) is 3.78. The van der Waals surface area contributed by atoms with E-state index in [1.165, 1.54) is 0 Å². The van der Waals surface area contributed by atoms with Gasteiger partial charge in [0.15, 0.2) is 0 Å². The molecule has 0 N–H and O–H groups in total. The third-order valence-electron chi connectivity index (χ3n) is 1.94. The number of unbranched alkanes of at least 4 members (excludes halogenated alkanes) is 4. The molecule has 86 valence electrons. The quantitative estimate of drug-likeness (QED) is 0.450. The Balaban J connectivity index is 3.11. The van der Waals surface area contributed by atoms with Crippen LogP contribution >= 0.6 is 0 Å². The van der Waals surface area contributed by atoms with Crippen LogP contribution in [0.25, 0.3) is 0 Å². The summed E-state index contributed by atoms with van der Waals surface area (Å²) in [4.78, 5) is 0. The van der Waals surface area contributed by atoms with E-state index in [1.54, 1.807) is 0 Å². The number of hydrogen-bond donors (Lipinski definition) is 0. The van der Waals surface area contributed by atoms with Crippen LogP contribution in [0.15, 0.2) is 0 Å². The van der Waals surface area contributed by atoms with Gasteiger partial charge in [-0.05, 0) is 0 Å². The van der Waals surface area contributed by atoms with Gasteiger partial charge in [0.1, 0.15) is 0 Å². The van der Waals surface area contributed by atoms with Crippen molar-refractivity contribution in [2.45, 2.75) is 52.4 Å². The molecular weight excluding hydrogens is 243 g/mol. The molecule has 0 spiro atoms. The molecule has 0 aromatic carbocycles. The molecule has 14 heavy (non-hydrogen) atoms. The summed E-state index contributed by atoms with van der Waals surface area (Å²) in [6, 6.07) is 0. The zero-order valence-electron chi connectivity index (χ0n) is 9.38. The molecule has 0 unspecified atom stereocenters. The molecule has 0 radical (unpaired) electrons. The van der Waals surface area contributed by atoms with Gasteiger partial charge in [0.25, 0.3) is 0 Å². The van der Waals surface area contributed by atoms with Crippen LogP contribution in [-0.2, 0) is 11.2 Å². The fourth-order valence-electron chi connectivity index (χ4n) is 1.06. The summed E-state index contributed by atoms with van der Waals surface area (Å²) in [5.41, 5.74) is 0. The average Bonchev–Trinajstić information content (AvgIpc) is 2.19. The Labute approximate surface area is 92.4 Å². The van der Waals surface area contributed by atoms with Gasteiger partial charge in [-0.2, -0.15) is 0 Å². The zero-order valence-corrected chi connectivity index (χ0v) is 11.5. The van der Waals surface area contributed by atoms with Gasteiger partial charge >= 0.3 is 92.1 Å². The molecule has 0 aliphatic heterocycles. The maximum atomic E-state index is 11.2. The van der Waals surface area contributed by atoms with Gasteiger partial charge in [-0.3, -0.25) is 0 Å². The second-order valence-corrected chi connectivity index (χ2v) is 5.62. The predicted molar refractivity (Wildman–Crippen MR) is 58.8 cm³/mol. The molecule has 3 nitrogen and oxygen atoms in total. The van der Waals surface area contributed by atoms with E-state index in [9.17, 15) is 3.74 Å². The summed E-state index contributed by atoms with van der Waals surface area (Å²) in [5.74, 6) is 0. The van der Waals surface area contributed by atoms with Crippen molar-refractivity contribution >= 4 is 15.3 Å². The van der Waals surface area contributed by atoms with Gasteiger partial charge in [-0.1, -0.05) is 0 Å². The Morgan fingerprint density at radius 2 is 1.29 bits per heavy atom. The number of hydrogen-bond acceptors (Lipinski definition) is 3. The van der Waals surface area contributed by atoms with Crippen molar-refractivity contribution in [3.05, 3.63) is 0 Å². The molecule has 4 heteroatoms. The van der Waals surface area contributed by atoms with Crippen LogP contribution in [0, 0.1) is 0 Å². The van der Waals surface area contributed by atoms with Crippen LogP contribution in [0.3, 0.4) is 0 Å². The van der Waals surface area contributed by atoms with Crippen molar-refractivity contribution < 1.29 is 11.2 Å². The average molecular weight is 266 g/mol. The minimum absolute atomic E-state index is 0.598. The fraction of sp³-hybridized carbons (Fsp3) is 1.00. The molecule has 0 fully saturated rings.